The molecule has 0 aliphatic carbocycles. The minimum atomic E-state index is -2.75. The van der Waals surface area contributed by atoms with E-state index in [-0.39, 0.29) is 29.7 Å². The van der Waals surface area contributed by atoms with E-state index in [9.17, 15) is 36.9 Å². The van der Waals surface area contributed by atoms with Crippen molar-refractivity contribution in [3.63, 3.8) is 0 Å². The Morgan fingerprint density at radius 2 is 0.730 bits per heavy atom. The van der Waals surface area contributed by atoms with E-state index < -0.39 is 29.1 Å². The van der Waals surface area contributed by atoms with E-state index in [2.05, 4.69) is 60.5 Å². The molecule has 31 heteroatoms. The van der Waals surface area contributed by atoms with Crippen LogP contribution in [0.5, 0.6) is 0 Å². The number of nitrogens with one attached hydrogen (secondary N) is 3. The van der Waals surface area contributed by atoms with Crippen molar-refractivity contribution in [2.24, 2.45) is 0 Å². The quantitative estimate of drug-likeness (QED) is 0.0781. The maximum Gasteiger partial charge on any atom is 0.260 e. The monoisotopic (exact) mass is 1560 g/mol. The standard InChI is InChI=1S/C28H33N7O3S.C26H31N7O2S.C26H30N6O3S/c1-6-25(36)34-12-14-35(15-13-34)39(5,38)21-9-7-8-20(17-21)30-28-29-18-24-26(31-28)32(3)23-11-10-19(2)16-22(23)27(37)33(24)4;1-18-9-10-22-21(15-18)25(34)32(4)23-17-27-26(29-24(23)31(22)3)28-19-7-6-8-20(16-19)36(5,35)33-13-11-30(2)12-14-33;1-17-8-9-22-21(14-17)25(34)31(3)23-16-27-26(29-24(23)30(22)2)28-18-6-5-7-20(15-18)36(4,35)32-12-10-19(33)11-13-32/h7-11,16-18H,5-6,12-15H2,1-4H3,(H,29,30,31);6-10,15-17H,5,11-14H2,1-4H3,(H,27,28,29);5-9,14-16,19,33H,4,10-13H2,1-3H3,(H,27,28,29). The zero-order valence-corrected chi connectivity index (χ0v) is 66.8. The lowest BCUT2D eigenvalue weighted by Crippen LogP contribution is -2.50. The van der Waals surface area contributed by atoms with Gasteiger partial charge in [0.2, 0.25) is 23.8 Å². The number of hydrogen-bond acceptors (Lipinski definition) is 21. The van der Waals surface area contributed by atoms with Gasteiger partial charge in [-0.05, 0) is 149 Å². The SMILES string of the molecule is C=S(=O)(c1cccc(Nc2ncc3c(n2)N(C)c2ccc(C)cc2C(=O)N3C)c1)N1CCC(O)CC1.C=S(=O)(c1cccc(Nc2ncc3c(n2)N(C)c2ccc(C)cc2C(=O)N3C)c1)N1CCN(C(=O)CC)CC1.C=S(=O)(c1cccc(Nc2ncc3c(n2)N(C)c2ccc(C)cc2C(=O)N3C)c1)N1CCN(C)CC1. The van der Waals surface area contributed by atoms with Gasteiger partial charge in [-0.2, -0.15) is 15.0 Å². The lowest BCUT2D eigenvalue weighted by atomic mass is 10.1. The Balaban J connectivity index is 0.000000146. The zero-order valence-electron chi connectivity index (χ0n) is 64.4. The first-order valence-electron chi connectivity index (χ1n) is 36.5. The highest BCUT2D eigenvalue weighted by Gasteiger charge is 2.35. The lowest BCUT2D eigenvalue weighted by molar-refractivity contribution is -0.132. The molecule has 4 amide bonds. The van der Waals surface area contributed by atoms with Crippen molar-refractivity contribution in [1.82, 2.24) is 52.6 Å². The molecule has 3 aromatic heterocycles. The van der Waals surface area contributed by atoms with Gasteiger partial charge < -0.3 is 60.3 Å². The number of aliphatic hydroxyl groups is 1. The summed E-state index contributed by atoms with van der Waals surface area (Å²) in [4.78, 5) is 95.4. The van der Waals surface area contributed by atoms with Gasteiger partial charge in [-0.1, -0.05) is 60.0 Å². The molecule has 3 atom stereocenters. The van der Waals surface area contributed by atoms with Crippen LogP contribution in [0.3, 0.4) is 0 Å². The Morgan fingerprint density at radius 1 is 0.423 bits per heavy atom. The average Bonchev–Trinajstić information content (AvgIpc) is 1.64. The number of carbonyl (C=O) groups excluding carboxylic acids is 4. The van der Waals surface area contributed by atoms with E-state index in [0.717, 1.165) is 52.5 Å². The number of likely N-dealkylation sites (N-methyl/N-ethyl adjacent to an activating group) is 1. The molecule has 28 nitrogen and oxygen atoms in total. The molecule has 6 aromatic carbocycles. The van der Waals surface area contributed by atoms with Gasteiger partial charge in [-0.15, -0.1) is 0 Å². The molecule has 0 saturated carbocycles. The number of amides is 4. The number of piperidine rings is 1. The molecule has 3 fully saturated rings. The van der Waals surface area contributed by atoms with E-state index in [1.807, 2.05) is 180 Å². The highest BCUT2D eigenvalue weighted by atomic mass is 32.2. The van der Waals surface area contributed by atoms with E-state index in [0.29, 0.717) is 167 Å². The zero-order chi connectivity index (χ0) is 79.1. The molecule has 0 bridgehead atoms. The minimum Gasteiger partial charge on any atom is -0.393 e. The highest BCUT2D eigenvalue weighted by Crippen LogP contribution is 2.43. The van der Waals surface area contributed by atoms with Crippen LogP contribution in [0.4, 0.5) is 86.5 Å². The number of fused-ring (bicyclic) bond motifs is 6. The summed E-state index contributed by atoms with van der Waals surface area (Å²) >= 11 is 0. The third kappa shape index (κ3) is 16.1. The van der Waals surface area contributed by atoms with Gasteiger partial charge in [0.15, 0.2) is 17.5 Å². The predicted octanol–water partition coefficient (Wildman–Crippen LogP) is 9.89. The molecule has 3 saturated heterocycles. The molecular weight excluding hydrogens is 1470 g/mol. The molecule has 3 unspecified atom stereocenters. The number of nitrogens with zero attached hydrogens (tertiary/aromatic N) is 17. The minimum absolute atomic E-state index is 0.106. The van der Waals surface area contributed by atoms with Crippen LogP contribution in [0, 0.1) is 20.8 Å². The summed E-state index contributed by atoms with van der Waals surface area (Å²) in [7, 11) is 4.84. The maximum absolute atomic E-state index is 13.8. The van der Waals surface area contributed by atoms with Crippen LogP contribution in [0.15, 0.2) is 161 Å². The predicted molar refractivity (Wildman–Crippen MR) is 446 cm³/mol. The molecule has 15 rings (SSSR count). The summed E-state index contributed by atoms with van der Waals surface area (Å²) in [6.45, 7) is 14.0. The normalized spacial score (nSPS) is 17.9. The highest BCUT2D eigenvalue weighted by molar-refractivity contribution is 7.98. The van der Waals surface area contributed by atoms with Gasteiger partial charge in [-0.25, -0.2) is 40.5 Å². The number of hydrogen-bond donors (Lipinski definition) is 4. The van der Waals surface area contributed by atoms with Crippen LogP contribution in [0.1, 0.15) is 74.0 Å². The van der Waals surface area contributed by atoms with Crippen LogP contribution in [0.25, 0.3) is 0 Å². The Morgan fingerprint density at radius 3 is 1.05 bits per heavy atom. The Labute approximate surface area is 649 Å². The number of carbonyl (C=O) groups is 4. The molecule has 0 spiro atoms. The molecule has 9 aromatic rings. The second kappa shape index (κ2) is 31.8. The van der Waals surface area contributed by atoms with Crippen molar-refractivity contribution in [3.8, 4) is 0 Å². The fourth-order valence-corrected chi connectivity index (χ4v) is 19.1. The molecular formula is C80H94N20O8S3. The molecule has 6 aliphatic heterocycles. The summed E-state index contributed by atoms with van der Waals surface area (Å²) in [5.41, 5.74) is 11.0. The summed E-state index contributed by atoms with van der Waals surface area (Å²) in [5, 5.41) is 19.5. The third-order valence-corrected chi connectivity index (χ3v) is 27.4. The first-order valence-corrected chi connectivity index (χ1v) is 41.6. The van der Waals surface area contributed by atoms with Crippen molar-refractivity contribution in [2.75, 3.05) is 160 Å². The van der Waals surface area contributed by atoms with Gasteiger partial charge in [0.1, 0.15) is 17.1 Å². The van der Waals surface area contributed by atoms with Gasteiger partial charge in [0, 0.05) is 146 Å². The van der Waals surface area contributed by atoms with E-state index >= 15 is 0 Å². The van der Waals surface area contributed by atoms with Crippen LogP contribution < -0.4 is 45.3 Å². The van der Waals surface area contributed by atoms with Crippen molar-refractivity contribution in [1.29, 1.82) is 0 Å². The van der Waals surface area contributed by atoms with Gasteiger partial charge in [0.05, 0.1) is 87.6 Å². The number of anilines is 15. The Kier molecular flexibility index (Phi) is 22.4. The van der Waals surface area contributed by atoms with E-state index in [4.69, 9.17) is 15.0 Å². The molecule has 9 heterocycles. The molecule has 580 valence electrons. The first-order chi connectivity index (χ1) is 52.9. The number of benzene rings is 6. The van der Waals surface area contributed by atoms with Crippen LogP contribution in [0.2, 0.25) is 0 Å². The number of rotatable bonds is 13. The fraction of sp³-hybridized carbons (Fsp3) is 0.312. The fourth-order valence-electron chi connectivity index (χ4n) is 14.1. The first kappa shape index (κ1) is 78.2. The van der Waals surface area contributed by atoms with Crippen LogP contribution in [-0.2, 0) is 33.9 Å². The maximum atomic E-state index is 13.8. The summed E-state index contributed by atoms with van der Waals surface area (Å²) < 4.78 is 46.6. The molecule has 6 aliphatic rings. The average molecular weight is 1560 g/mol. The lowest BCUT2D eigenvalue weighted by Gasteiger charge is -2.36. The van der Waals surface area contributed by atoms with Crippen molar-refractivity contribution in [2.45, 2.75) is 67.7 Å². The summed E-state index contributed by atoms with van der Waals surface area (Å²) in [5.74, 6) is 14.8. The van der Waals surface area contributed by atoms with E-state index in [1.165, 1.54) is 0 Å². The smallest absolute Gasteiger partial charge is 0.260 e. The Bertz CT molecular complexity index is 5260. The summed E-state index contributed by atoms with van der Waals surface area (Å²) in [6.07, 6.45) is 6.19. The number of piperazine rings is 2. The topological polar surface area (TPSA) is 289 Å². The van der Waals surface area contributed by atoms with Gasteiger partial charge >= 0.3 is 0 Å². The van der Waals surface area contributed by atoms with Crippen molar-refractivity contribution >= 4 is 157 Å². The van der Waals surface area contributed by atoms with Gasteiger partial charge in [0.25, 0.3) is 17.7 Å². The molecule has 0 radical (unpaired) electrons. The largest absolute Gasteiger partial charge is 0.393 e. The number of aromatic nitrogens is 6. The van der Waals surface area contributed by atoms with Crippen molar-refractivity contribution < 1.29 is 36.9 Å². The molecule has 4 N–H and O–H groups in total. The molecule has 111 heavy (non-hydrogen) atoms. The number of aliphatic hydroxyl groups excluding tert-OH is 1. The second-order valence-corrected chi connectivity index (χ2v) is 35.3. The van der Waals surface area contributed by atoms with E-state index in [1.54, 1.807) is 83.6 Å². The van der Waals surface area contributed by atoms with Crippen LogP contribution in [-0.4, -0.2) is 232 Å². The Hall–Kier alpha value is -10.9. The van der Waals surface area contributed by atoms with Gasteiger partial charge in [-0.3, -0.25) is 19.2 Å². The second-order valence-electron chi connectivity index (χ2n) is 28.5. The van der Waals surface area contributed by atoms with Crippen molar-refractivity contribution in [3.05, 3.63) is 179 Å². The van der Waals surface area contributed by atoms with Crippen LogP contribution >= 0.6 is 0 Å². The third-order valence-electron chi connectivity index (χ3n) is 20.8. The number of aryl methyl sites for hydroxylation is 3. The summed E-state index contributed by atoms with van der Waals surface area (Å²) in [6, 6.07) is 39.4.